The normalized spacial score (nSPS) is 12.0. The van der Waals surface area contributed by atoms with Crippen LogP contribution in [0.1, 0.15) is 0 Å². The molecule has 1 aliphatic rings. The van der Waals surface area contributed by atoms with Gasteiger partial charge in [0.25, 0.3) is 0 Å². The summed E-state index contributed by atoms with van der Waals surface area (Å²) in [6.07, 6.45) is 0. The van der Waals surface area contributed by atoms with E-state index in [0.717, 1.165) is 35.3 Å². The Morgan fingerprint density at radius 1 is 0.310 bits per heavy atom. The fraction of sp³-hybridized carbons (Fsp3) is 0. The number of rotatable bonds is 6. The Balaban J connectivity index is 1.32. The lowest BCUT2D eigenvalue weighted by Crippen LogP contribution is -2.05. The molecule has 204 valence electrons. The lowest BCUT2D eigenvalue weighted by molar-refractivity contribution is 0.420. The second-order valence-electron chi connectivity index (χ2n) is 8.10. The number of hydrogen-bond acceptors (Lipinski definition) is 15. The van der Waals surface area contributed by atoms with E-state index in [4.69, 9.17) is 14.2 Å². The number of aromatic nitrogens is 9. The Bertz CT molecular complexity index is 1580. The van der Waals surface area contributed by atoms with Crippen molar-refractivity contribution in [1.82, 2.24) is 44.9 Å². The average molecular weight is 610 g/mol. The van der Waals surface area contributed by atoms with Crippen LogP contribution < -0.4 is 14.2 Å². The fourth-order valence-corrected chi connectivity index (χ4v) is 5.60. The van der Waals surface area contributed by atoms with Crippen LogP contribution in [0, 0.1) is 0 Å². The van der Waals surface area contributed by atoms with Crippen molar-refractivity contribution in [3.63, 3.8) is 0 Å². The molecule has 3 aromatic heterocycles. The van der Waals surface area contributed by atoms with Gasteiger partial charge in [-0.1, -0.05) is 54.6 Å². The Kier molecular flexibility index (Phi) is 7.41. The molecule has 12 nitrogen and oxygen atoms in total. The first-order valence-corrected chi connectivity index (χ1v) is 14.7. The van der Waals surface area contributed by atoms with Crippen LogP contribution in [0.15, 0.2) is 122 Å². The number of ether oxygens (including phenoxy) is 3. The molecule has 0 spiro atoms. The van der Waals surface area contributed by atoms with Gasteiger partial charge in [-0.3, -0.25) is 0 Å². The van der Waals surface area contributed by atoms with Gasteiger partial charge in [0.05, 0.1) is 0 Å². The van der Waals surface area contributed by atoms with E-state index in [2.05, 4.69) is 44.9 Å². The first kappa shape index (κ1) is 26.1. The van der Waals surface area contributed by atoms with Crippen molar-refractivity contribution in [2.75, 3.05) is 0 Å². The Morgan fingerprint density at radius 3 is 0.786 bits per heavy atom. The summed E-state index contributed by atoms with van der Waals surface area (Å²) in [5.41, 5.74) is 0. The van der Waals surface area contributed by atoms with Crippen molar-refractivity contribution in [2.24, 2.45) is 0 Å². The summed E-state index contributed by atoms with van der Waals surface area (Å²) in [4.78, 5) is 40.6. The minimum absolute atomic E-state index is 0.0812. The maximum Gasteiger partial charge on any atom is 0.327 e. The minimum Gasteiger partial charge on any atom is -0.424 e. The lowest BCUT2D eigenvalue weighted by atomic mass is 10.3. The summed E-state index contributed by atoms with van der Waals surface area (Å²) in [5.74, 6) is 1.69. The molecule has 0 radical (unpaired) electrons. The van der Waals surface area contributed by atoms with E-state index in [0.29, 0.717) is 48.2 Å². The van der Waals surface area contributed by atoms with Gasteiger partial charge in [-0.2, -0.15) is 44.9 Å². The molecule has 1 aliphatic heterocycles. The zero-order valence-corrected chi connectivity index (χ0v) is 23.6. The van der Waals surface area contributed by atoms with Gasteiger partial charge in [-0.05, 0) is 71.7 Å². The summed E-state index contributed by atoms with van der Waals surface area (Å²) >= 11 is 3.33. The van der Waals surface area contributed by atoms with E-state index < -0.39 is 0 Å². The van der Waals surface area contributed by atoms with E-state index >= 15 is 0 Å². The summed E-state index contributed by atoms with van der Waals surface area (Å²) < 4.78 is 17.8. The third kappa shape index (κ3) is 6.54. The van der Waals surface area contributed by atoms with E-state index in [1.807, 2.05) is 54.6 Å². The maximum atomic E-state index is 5.93. The van der Waals surface area contributed by atoms with Gasteiger partial charge in [-0.15, -0.1) is 0 Å². The van der Waals surface area contributed by atoms with E-state index in [-0.39, 0.29) is 18.0 Å². The van der Waals surface area contributed by atoms with Gasteiger partial charge < -0.3 is 14.2 Å². The molecule has 6 aromatic rings. The highest BCUT2D eigenvalue weighted by molar-refractivity contribution is 8.00. The molecule has 0 aliphatic carbocycles. The van der Waals surface area contributed by atoms with Crippen molar-refractivity contribution < 1.29 is 14.2 Å². The average Bonchev–Trinajstić information content (AvgIpc) is 2.98. The van der Waals surface area contributed by atoms with Gasteiger partial charge in [0.1, 0.15) is 17.2 Å². The minimum atomic E-state index is 0.0812. The Morgan fingerprint density at radius 2 is 0.548 bits per heavy atom. The molecule has 0 saturated carbocycles. The van der Waals surface area contributed by atoms with Gasteiger partial charge in [0.15, 0.2) is 0 Å². The highest BCUT2D eigenvalue weighted by Gasteiger charge is 2.21. The number of nitrogens with zero attached hydrogens (tertiary/aromatic N) is 9. The number of benzene rings is 3. The van der Waals surface area contributed by atoms with Crippen LogP contribution in [0.3, 0.4) is 0 Å². The molecule has 6 bridgehead atoms. The third-order valence-electron chi connectivity index (χ3n) is 5.13. The Hall–Kier alpha value is -4.86. The van der Waals surface area contributed by atoms with Crippen LogP contribution in [0.4, 0.5) is 0 Å². The highest BCUT2D eigenvalue weighted by atomic mass is 32.2. The van der Waals surface area contributed by atoms with E-state index in [9.17, 15) is 0 Å². The van der Waals surface area contributed by atoms with Crippen LogP contribution in [0.2, 0.25) is 0 Å². The molecule has 0 atom stereocenters. The van der Waals surface area contributed by atoms with Crippen molar-refractivity contribution in [3.8, 4) is 35.3 Å². The topological polar surface area (TPSA) is 144 Å². The number of hydrogen-bond donors (Lipinski definition) is 0. The standard InChI is InChI=1S/C27H15N9O3S3/c1-4-10-16(11-5-1)37-19-28-22-34-23(29-19)41-25-31-21(39-18-14-8-3-9-15-18)33-27(36-25)42-26-32-20(30-24(35-26)40-22)38-17-12-6-2-7-13-17/h1-15H. The molecule has 42 heavy (non-hydrogen) atoms. The summed E-state index contributed by atoms with van der Waals surface area (Å²) in [5, 5.41) is 1.76. The first-order valence-electron chi connectivity index (χ1n) is 12.2. The van der Waals surface area contributed by atoms with Gasteiger partial charge >= 0.3 is 18.0 Å². The monoisotopic (exact) mass is 609 g/mol. The second-order valence-corrected chi connectivity index (χ2v) is 10.9. The summed E-state index contributed by atoms with van der Waals surface area (Å²) in [7, 11) is 0. The smallest absolute Gasteiger partial charge is 0.327 e. The van der Waals surface area contributed by atoms with Crippen molar-refractivity contribution in [2.45, 2.75) is 30.9 Å². The molecular weight excluding hydrogens is 595 g/mol. The van der Waals surface area contributed by atoms with Gasteiger partial charge in [0.2, 0.25) is 30.9 Å². The zero-order valence-electron chi connectivity index (χ0n) is 21.1. The van der Waals surface area contributed by atoms with Gasteiger partial charge in [-0.25, -0.2) is 0 Å². The van der Waals surface area contributed by atoms with Crippen LogP contribution in [-0.4, -0.2) is 44.9 Å². The molecule has 3 aromatic carbocycles. The first-order chi connectivity index (χ1) is 20.7. The van der Waals surface area contributed by atoms with E-state index in [1.165, 1.54) is 0 Å². The van der Waals surface area contributed by atoms with Crippen LogP contribution in [0.5, 0.6) is 35.3 Å². The third-order valence-corrected chi connectivity index (χ3v) is 7.32. The molecule has 15 heteroatoms. The zero-order chi connectivity index (χ0) is 28.1. The molecule has 0 unspecified atom stereocenters. The summed E-state index contributed by atoms with van der Waals surface area (Å²) in [6, 6.07) is 27.8. The lowest BCUT2D eigenvalue weighted by Gasteiger charge is -2.11. The van der Waals surface area contributed by atoms with Gasteiger partial charge in [0, 0.05) is 0 Å². The highest BCUT2D eigenvalue weighted by Crippen LogP contribution is 2.35. The number of para-hydroxylation sites is 3. The largest absolute Gasteiger partial charge is 0.424 e. The number of fused-ring (bicyclic) bond motifs is 6. The van der Waals surface area contributed by atoms with Crippen LogP contribution in [-0.2, 0) is 0 Å². The molecule has 0 saturated heterocycles. The predicted molar refractivity (Wildman–Crippen MR) is 151 cm³/mol. The van der Waals surface area contributed by atoms with Crippen LogP contribution >= 0.6 is 35.3 Å². The van der Waals surface area contributed by atoms with E-state index in [1.54, 1.807) is 36.4 Å². The molecule has 0 N–H and O–H groups in total. The van der Waals surface area contributed by atoms with Crippen molar-refractivity contribution >= 4 is 35.3 Å². The fourth-order valence-electron chi connectivity index (χ4n) is 3.40. The molecule has 0 amide bonds. The second kappa shape index (κ2) is 11.9. The SMILES string of the molecule is c1ccc(Oc2nc3nc(n2)Sc2nc(Oc4ccccc4)nc(n2)Sc2nc(Oc4ccccc4)nc(n2)S3)cc1. The molecule has 7 rings (SSSR count). The van der Waals surface area contributed by atoms with Crippen molar-refractivity contribution in [3.05, 3.63) is 91.0 Å². The molecule has 4 heterocycles. The van der Waals surface area contributed by atoms with Crippen molar-refractivity contribution in [1.29, 1.82) is 0 Å². The summed E-state index contributed by atoms with van der Waals surface area (Å²) in [6.45, 7) is 0. The predicted octanol–water partition coefficient (Wildman–Crippen LogP) is 6.39. The molecule has 0 fully saturated rings. The quantitative estimate of drug-likeness (QED) is 0.205. The Labute approximate surface area is 250 Å². The maximum absolute atomic E-state index is 5.93. The van der Waals surface area contributed by atoms with Crippen LogP contribution in [0.25, 0.3) is 0 Å². The molecular formula is C27H15N9O3S3.